The summed E-state index contributed by atoms with van der Waals surface area (Å²) >= 11 is 6.24. The molecule has 2 fully saturated rings. The number of nitro groups is 1. The minimum absolute atomic E-state index is 0.0299. The van der Waals surface area contributed by atoms with Gasteiger partial charge in [0.05, 0.1) is 15.4 Å². The predicted molar refractivity (Wildman–Crippen MR) is 240 cm³/mol. The van der Waals surface area contributed by atoms with E-state index in [-0.39, 0.29) is 34.9 Å². The van der Waals surface area contributed by atoms with Crippen LogP contribution in [0.4, 0.5) is 17.1 Å². The fraction of sp³-hybridized carbons (Fsp3) is 0.370. The van der Waals surface area contributed by atoms with Crippen molar-refractivity contribution in [2.45, 2.75) is 57.1 Å². The summed E-state index contributed by atoms with van der Waals surface area (Å²) < 4.78 is 41.6. The molecule has 0 bridgehead atoms. The summed E-state index contributed by atoms with van der Waals surface area (Å²) in [4.78, 5) is 32.8. The maximum absolute atomic E-state index is 13.9. The van der Waals surface area contributed by atoms with Crippen molar-refractivity contribution in [2.75, 3.05) is 56.2 Å². The summed E-state index contributed by atoms with van der Waals surface area (Å²) in [6, 6.07) is 23.9. The van der Waals surface area contributed by atoms with Gasteiger partial charge in [0.2, 0.25) is 0 Å². The number of rotatable bonds is 13. The number of sulfonamides is 1. The molecular formula is C46H51ClN6O8S. The minimum Gasteiger partial charge on any atom is -0.456 e. The number of benzene rings is 4. The van der Waals surface area contributed by atoms with Crippen molar-refractivity contribution in [1.29, 1.82) is 0 Å². The number of piperazine rings is 1. The number of nitrogens with zero attached hydrogens (tertiary/aromatic N) is 3. The zero-order chi connectivity index (χ0) is 43.6. The highest BCUT2D eigenvalue weighted by atomic mass is 35.5. The number of nitro benzene ring substituents is 1. The molecule has 3 aliphatic rings. The minimum atomic E-state index is -4.60. The second-order valence-electron chi connectivity index (χ2n) is 17.1. The lowest BCUT2D eigenvalue weighted by Crippen LogP contribution is -2.47. The number of ether oxygens (including phenoxy) is 2. The molecule has 4 aromatic carbocycles. The van der Waals surface area contributed by atoms with Crippen LogP contribution in [-0.2, 0) is 14.8 Å². The number of aliphatic hydroxyl groups is 1. The summed E-state index contributed by atoms with van der Waals surface area (Å²) in [6.07, 6.45) is 5.48. The molecule has 2 aliphatic heterocycles. The van der Waals surface area contributed by atoms with Crippen LogP contribution in [0, 0.1) is 21.4 Å². The first-order valence-electron chi connectivity index (χ1n) is 20.9. The van der Waals surface area contributed by atoms with Crippen LogP contribution in [-0.4, -0.2) is 86.4 Å². The summed E-state index contributed by atoms with van der Waals surface area (Å²) in [6.45, 7) is 8.95. The van der Waals surface area contributed by atoms with Crippen LogP contribution >= 0.6 is 11.6 Å². The molecule has 8 rings (SSSR count). The zero-order valence-corrected chi connectivity index (χ0v) is 36.3. The van der Waals surface area contributed by atoms with Crippen molar-refractivity contribution in [3.05, 3.63) is 123 Å². The Bertz CT molecular complexity index is 2610. The number of nitrogens with one attached hydrogen (secondary N) is 3. The highest BCUT2D eigenvalue weighted by molar-refractivity contribution is 7.90. The second-order valence-corrected chi connectivity index (χ2v) is 19.3. The van der Waals surface area contributed by atoms with Gasteiger partial charge in [0.25, 0.3) is 21.6 Å². The Morgan fingerprint density at radius 2 is 1.82 bits per heavy atom. The summed E-state index contributed by atoms with van der Waals surface area (Å²) in [5, 5.41) is 26.3. The van der Waals surface area contributed by atoms with Gasteiger partial charge in [0, 0.05) is 85.9 Å². The first kappa shape index (κ1) is 43.2. The fourth-order valence-electron chi connectivity index (χ4n) is 8.59. The topological polar surface area (TPSA) is 179 Å². The number of hydrogen-bond acceptors (Lipinski definition) is 11. The third-order valence-electron chi connectivity index (χ3n) is 12.2. The van der Waals surface area contributed by atoms with E-state index >= 15 is 0 Å². The van der Waals surface area contributed by atoms with Crippen molar-refractivity contribution < 1.29 is 32.7 Å². The van der Waals surface area contributed by atoms with E-state index in [0.717, 1.165) is 79.7 Å². The van der Waals surface area contributed by atoms with Crippen LogP contribution in [0.3, 0.4) is 0 Å². The lowest BCUT2D eigenvalue weighted by atomic mass is 9.72. The van der Waals surface area contributed by atoms with E-state index in [0.29, 0.717) is 25.2 Å². The first-order valence-corrected chi connectivity index (χ1v) is 22.8. The Balaban J connectivity index is 1.01. The van der Waals surface area contributed by atoms with Crippen LogP contribution in [0.2, 0.25) is 5.02 Å². The lowest BCUT2D eigenvalue weighted by molar-refractivity contribution is -0.384. The number of aromatic nitrogens is 1. The lowest BCUT2D eigenvalue weighted by Gasteiger charge is -2.39. The molecule has 5 aromatic rings. The van der Waals surface area contributed by atoms with Crippen LogP contribution in [0.25, 0.3) is 16.5 Å². The number of carbonyl (C=O) groups is 1. The van der Waals surface area contributed by atoms with Crippen molar-refractivity contribution in [3.63, 3.8) is 0 Å². The number of aromatic amines is 1. The molecule has 1 aromatic heterocycles. The van der Waals surface area contributed by atoms with Gasteiger partial charge in [-0.2, -0.15) is 0 Å². The van der Waals surface area contributed by atoms with Crippen LogP contribution in [0.5, 0.6) is 11.5 Å². The van der Waals surface area contributed by atoms with Gasteiger partial charge >= 0.3 is 0 Å². The maximum atomic E-state index is 13.9. The average molecular weight is 883 g/mol. The zero-order valence-electron chi connectivity index (χ0n) is 34.7. The molecular weight excluding hydrogens is 832 g/mol. The Kier molecular flexibility index (Phi) is 12.6. The van der Waals surface area contributed by atoms with E-state index in [1.54, 1.807) is 24.3 Å². The van der Waals surface area contributed by atoms with Crippen LogP contribution in [0.15, 0.2) is 102 Å². The smallest absolute Gasteiger partial charge is 0.293 e. The van der Waals surface area contributed by atoms with Crippen LogP contribution < -0.4 is 19.7 Å². The largest absolute Gasteiger partial charge is 0.456 e. The van der Waals surface area contributed by atoms with Crippen molar-refractivity contribution in [2.24, 2.45) is 11.3 Å². The van der Waals surface area contributed by atoms with Gasteiger partial charge in [0.15, 0.2) is 0 Å². The molecule has 326 valence electrons. The fourth-order valence-corrected chi connectivity index (χ4v) is 9.70. The number of allylic oxidation sites excluding steroid dienone is 1. The SMILES string of the molecule is CC1(C)CCC(CN2CCN(c3ccc(C(=O)NS(=O)(=O)c4ccc(NC5CC(CO)CCO5)c([N+](=O)[O-])c4)c(Oc4ccc5[nH]ccc5c4)c3)CC2)=C(c2ccc(Cl)cc2)C1. The van der Waals surface area contributed by atoms with Gasteiger partial charge in [-0.1, -0.05) is 43.2 Å². The molecule has 3 heterocycles. The standard InChI is InChI=1S/C46H51ClN6O8S/c1-46(2)16-13-33(39(27-46)31-3-5-34(47)6-4-31)28-51-18-20-52(21-19-51)35-7-10-38(43(25-35)61-36-8-11-40-32(24-36)14-17-48-40)45(55)50-62(58,59)37-9-12-41(42(26-37)53(56)57)49-44-23-30(29-54)15-22-60-44/h3-12,14,17,24-26,30,44,48-49,54H,13,15-16,18-23,27-29H2,1-2H3,(H,50,55). The maximum Gasteiger partial charge on any atom is 0.293 e. The Morgan fingerprint density at radius 1 is 1.03 bits per heavy atom. The van der Waals surface area contributed by atoms with Crippen LogP contribution in [0.1, 0.15) is 61.9 Å². The molecule has 0 saturated carbocycles. The van der Waals surface area contributed by atoms with E-state index in [2.05, 4.69) is 50.8 Å². The Hall–Kier alpha value is -5.45. The summed E-state index contributed by atoms with van der Waals surface area (Å²) in [5.74, 6) is -0.399. The second kappa shape index (κ2) is 18.1. The van der Waals surface area contributed by atoms with Crippen molar-refractivity contribution in [3.8, 4) is 11.5 Å². The number of anilines is 2. The van der Waals surface area contributed by atoms with E-state index in [1.165, 1.54) is 28.8 Å². The van der Waals surface area contributed by atoms with E-state index in [1.807, 2.05) is 36.5 Å². The quantitative estimate of drug-likeness (QED) is 0.0658. The highest BCUT2D eigenvalue weighted by Crippen LogP contribution is 2.43. The van der Waals surface area contributed by atoms with E-state index < -0.39 is 37.7 Å². The number of carbonyl (C=O) groups excluding carboxylic acids is 1. The Labute approximate surface area is 366 Å². The van der Waals surface area contributed by atoms with Crippen molar-refractivity contribution >= 4 is 61.1 Å². The van der Waals surface area contributed by atoms with Gasteiger partial charge in [-0.25, -0.2) is 13.1 Å². The number of hydrogen-bond donors (Lipinski definition) is 4. The Morgan fingerprint density at radius 3 is 2.58 bits per heavy atom. The molecule has 0 spiro atoms. The molecule has 2 atom stereocenters. The third-order valence-corrected chi connectivity index (χ3v) is 13.7. The van der Waals surface area contributed by atoms with Gasteiger partial charge in [0.1, 0.15) is 23.4 Å². The molecule has 14 nitrogen and oxygen atoms in total. The monoisotopic (exact) mass is 882 g/mol. The molecule has 0 radical (unpaired) electrons. The summed E-state index contributed by atoms with van der Waals surface area (Å²) in [5.41, 5.74) is 5.54. The molecule has 2 saturated heterocycles. The van der Waals surface area contributed by atoms with Gasteiger partial charge in [-0.3, -0.25) is 19.8 Å². The number of H-pyrrole nitrogens is 1. The van der Waals surface area contributed by atoms with Gasteiger partial charge in [-0.15, -0.1) is 0 Å². The molecule has 1 amide bonds. The number of fused-ring (bicyclic) bond motifs is 1. The number of aliphatic hydroxyl groups excluding tert-OH is 1. The number of halogens is 1. The van der Waals surface area contributed by atoms with Gasteiger partial charge in [-0.05, 0) is 115 Å². The predicted octanol–water partition coefficient (Wildman–Crippen LogP) is 8.58. The highest BCUT2D eigenvalue weighted by Gasteiger charge is 2.31. The molecule has 62 heavy (non-hydrogen) atoms. The molecule has 1 aliphatic carbocycles. The third kappa shape index (κ3) is 9.92. The van der Waals surface area contributed by atoms with Crippen molar-refractivity contribution in [1.82, 2.24) is 14.6 Å². The molecule has 16 heteroatoms. The molecule has 4 N–H and O–H groups in total. The van der Waals surface area contributed by atoms with E-state index in [4.69, 9.17) is 21.1 Å². The molecule has 2 unspecified atom stereocenters. The normalized spacial score (nSPS) is 19.6. The number of amides is 1. The van der Waals surface area contributed by atoms with Gasteiger partial charge < -0.3 is 29.8 Å². The summed E-state index contributed by atoms with van der Waals surface area (Å²) in [7, 11) is -4.60. The average Bonchev–Trinajstić information content (AvgIpc) is 3.73. The first-order chi connectivity index (χ1) is 29.7. The van der Waals surface area contributed by atoms with E-state index in [9.17, 15) is 28.4 Å².